The van der Waals surface area contributed by atoms with Crippen molar-refractivity contribution in [3.8, 4) is 11.3 Å². The third-order valence-corrected chi connectivity index (χ3v) is 7.51. The van der Waals surface area contributed by atoms with Crippen LogP contribution in [0.5, 0.6) is 0 Å². The molecule has 30 heavy (non-hydrogen) atoms. The molecule has 6 nitrogen and oxygen atoms in total. The first kappa shape index (κ1) is 20.8. The van der Waals surface area contributed by atoms with Gasteiger partial charge in [-0.25, -0.2) is 8.42 Å². The fourth-order valence-electron chi connectivity index (χ4n) is 3.48. The summed E-state index contributed by atoms with van der Waals surface area (Å²) >= 11 is 5.91. The van der Waals surface area contributed by atoms with Gasteiger partial charge in [-0.2, -0.15) is 4.31 Å². The number of benzene rings is 2. The fraction of sp³-hybridized carbons (Fsp3) is 0.273. The third kappa shape index (κ3) is 4.48. The van der Waals surface area contributed by atoms with Crippen LogP contribution in [0.25, 0.3) is 11.3 Å². The minimum Gasteiger partial charge on any atom is -0.365 e. The molecule has 0 unspecified atom stereocenters. The van der Waals surface area contributed by atoms with Crippen molar-refractivity contribution in [1.82, 2.24) is 14.5 Å². The minimum atomic E-state index is -3.49. The zero-order valence-electron chi connectivity index (χ0n) is 16.7. The van der Waals surface area contributed by atoms with Crippen LogP contribution in [-0.4, -0.2) is 36.0 Å². The first-order chi connectivity index (χ1) is 14.4. The summed E-state index contributed by atoms with van der Waals surface area (Å²) in [6.07, 6.45) is 1.82. The lowest BCUT2D eigenvalue weighted by Gasteiger charge is -2.17. The van der Waals surface area contributed by atoms with E-state index in [4.69, 9.17) is 11.6 Å². The van der Waals surface area contributed by atoms with Crippen LogP contribution in [0.4, 0.5) is 5.82 Å². The molecule has 0 aliphatic carbocycles. The summed E-state index contributed by atoms with van der Waals surface area (Å²) in [6.45, 7) is 3.59. The second kappa shape index (κ2) is 8.71. The Kier molecular flexibility index (Phi) is 6.04. The summed E-state index contributed by atoms with van der Waals surface area (Å²) in [5.74, 6) is 0.644. The summed E-state index contributed by atoms with van der Waals surface area (Å²) < 4.78 is 27.6. The number of nitrogens with one attached hydrogen (secondary N) is 1. The van der Waals surface area contributed by atoms with Crippen LogP contribution in [0.2, 0.25) is 5.02 Å². The molecule has 0 atom stereocenters. The van der Waals surface area contributed by atoms with Gasteiger partial charge in [0.05, 0.1) is 10.6 Å². The highest BCUT2D eigenvalue weighted by Gasteiger charge is 2.28. The molecule has 0 spiro atoms. The van der Waals surface area contributed by atoms with Crippen LogP contribution in [0.15, 0.2) is 59.5 Å². The third-order valence-electron chi connectivity index (χ3n) is 5.22. The highest BCUT2D eigenvalue weighted by atomic mass is 35.5. The lowest BCUT2D eigenvalue weighted by Crippen LogP contribution is -2.28. The highest BCUT2D eigenvalue weighted by molar-refractivity contribution is 7.89. The van der Waals surface area contributed by atoms with Crippen LogP contribution in [-0.2, 0) is 16.6 Å². The van der Waals surface area contributed by atoms with E-state index >= 15 is 0 Å². The van der Waals surface area contributed by atoms with Gasteiger partial charge in [-0.3, -0.25) is 0 Å². The Hall–Kier alpha value is -2.48. The second-order valence-electron chi connectivity index (χ2n) is 7.38. The van der Waals surface area contributed by atoms with Crippen molar-refractivity contribution in [3.05, 3.63) is 70.7 Å². The molecule has 2 aromatic carbocycles. The van der Waals surface area contributed by atoms with Crippen molar-refractivity contribution in [2.24, 2.45) is 0 Å². The summed E-state index contributed by atoms with van der Waals surface area (Å²) in [4.78, 5) is 0.341. The van der Waals surface area contributed by atoms with E-state index in [2.05, 4.69) is 15.5 Å². The Balaban J connectivity index is 1.52. The molecule has 1 saturated heterocycles. The Bertz CT molecular complexity index is 1130. The first-order valence-electron chi connectivity index (χ1n) is 9.87. The minimum absolute atomic E-state index is 0.341. The normalized spacial score (nSPS) is 14.7. The van der Waals surface area contributed by atoms with Gasteiger partial charge in [0.1, 0.15) is 5.82 Å². The molecule has 1 aromatic heterocycles. The number of nitrogens with zero attached hydrogens (tertiary/aromatic N) is 3. The van der Waals surface area contributed by atoms with E-state index in [0.29, 0.717) is 41.1 Å². The average Bonchev–Trinajstić information content (AvgIpc) is 3.30. The van der Waals surface area contributed by atoms with Crippen molar-refractivity contribution in [3.63, 3.8) is 0 Å². The molecule has 3 aromatic rings. The van der Waals surface area contributed by atoms with Crippen molar-refractivity contribution in [2.75, 3.05) is 18.4 Å². The summed E-state index contributed by atoms with van der Waals surface area (Å²) in [5.41, 5.74) is 3.18. The van der Waals surface area contributed by atoms with E-state index < -0.39 is 10.0 Å². The zero-order valence-corrected chi connectivity index (χ0v) is 18.2. The lowest BCUT2D eigenvalue weighted by atomic mass is 10.1. The Labute approximate surface area is 182 Å². The van der Waals surface area contributed by atoms with E-state index in [0.717, 1.165) is 29.5 Å². The number of rotatable bonds is 6. The van der Waals surface area contributed by atoms with Gasteiger partial charge in [-0.1, -0.05) is 35.9 Å². The van der Waals surface area contributed by atoms with Crippen LogP contribution in [0.3, 0.4) is 0 Å². The van der Waals surface area contributed by atoms with Gasteiger partial charge in [-0.15, -0.1) is 10.2 Å². The Morgan fingerprint density at radius 2 is 1.73 bits per heavy atom. The highest BCUT2D eigenvalue weighted by Crippen LogP contribution is 2.28. The molecule has 1 aliphatic heterocycles. The molecule has 2 heterocycles. The van der Waals surface area contributed by atoms with E-state index in [1.54, 1.807) is 10.4 Å². The molecule has 1 fully saturated rings. The smallest absolute Gasteiger partial charge is 0.243 e. The number of halogens is 1. The van der Waals surface area contributed by atoms with Gasteiger partial charge in [0.15, 0.2) is 0 Å². The van der Waals surface area contributed by atoms with Crippen LogP contribution >= 0.6 is 11.6 Å². The predicted octanol–water partition coefficient (Wildman–Crippen LogP) is 4.50. The topological polar surface area (TPSA) is 75.2 Å². The van der Waals surface area contributed by atoms with Gasteiger partial charge < -0.3 is 5.32 Å². The monoisotopic (exact) mass is 442 g/mol. The Morgan fingerprint density at radius 3 is 2.40 bits per heavy atom. The maximum atomic E-state index is 13.0. The molecule has 0 saturated carbocycles. The van der Waals surface area contributed by atoms with Crippen molar-refractivity contribution < 1.29 is 8.42 Å². The Morgan fingerprint density at radius 1 is 1.00 bits per heavy atom. The number of sulfonamides is 1. The van der Waals surface area contributed by atoms with Gasteiger partial charge in [0.25, 0.3) is 0 Å². The fourth-order valence-corrected chi connectivity index (χ4v) is 5.37. The van der Waals surface area contributed by atoms with Crippen molar-refractivity contribution in [2.45, 2.75) is 31.2 Å². The number of aryl methyl sites for hydroxylation is 1. The van der Waals surface area contributed by atoms with Gasteiger partial charge in [0.2, 0.25) is 10.0 Å². The molecule has 0 amide bonds. The summed E-state index contributed by atoms with van der Waals surface area (Å²) in [5, 5.41) is 12.4. The second-order valence-corrected chi connectivity index (χ2v) is 9.72. The quantitative estimate of drug-likeness (QED) is 0.608. The molecule has 1 N–H and O–H groups in total. The van der Waals surface area contributed by atoms with Crippen LogP contribution in [0.1, 0.15) is 24.0 Å². The number of anilines is 1. The van der Waals surface area contributed by atoms with Crippen molar-refractivity contribution >= 4 is 27.4 Å². The van der Waals surface area contributed by atoms with E-state index in [-0.39, 0.29) is 0 Å². The van der Waals surface area contributed by atoms with Gasteiger partial charge >= 0.3 is 0 Å². The summed E-state index contributed by atoms with van der Waals surface area (Å²) in [7, 11) is -3.49. The SMILES string of the molecule is Cc1ccc(-c2ccc(NCc3ccc(Cl)cc3)nn2)cc1S(=O)(=O)N1CCCC1. The number of aromatic nitrogens is 2. The molecule has 156 valence electrons. The maximum absolute atomic E-state index is 13.0. The van der Waals surface area contributed by atoms with Crippen molar-refractivity contribution in [1.29, 1.82) is 0 Å². The number of hydrogen-bond acceptors (Lipinski definition) is 5. The maximum Gasteiger partial charge on any atom is 0.243 e. The van der Waals surface area contributed by atoms with Gasteiger partial charge in [0, 0.05) is 30.2 Å². The molecule has 8 heteroatoms. The zero-order chi connectivity index (χ0) is 21.1. The molecular formula is C22H23ClN4O2S. The molecule has 0 bridgehead atoms. The average molecular weight is 443 g/mol. The predicted molar refractivity (Wildman–Crippen MR) is 119 cm³/mol. The van der Waals surface area contributed by atoms with E-state index in [1.807, 2.05) is 55.5 Å². The van der Waals surface area contributed by atoms with Crippen LogP contribution in [0, 0.1) is 6.92 Å². The largest absolute Gasteiger partial charge is 0.365 e. The molecular weight excluding hydrogens is 420 g/mol. The van der Waals surface area contributed by atoms with Gasteiger partial charge in [-0.05, 0) is 61.2 Å². The standard InChI is InChI=1S/C22H23ClN4O2S/c1-16-4-7-18(14-21(16)30(28,29)27-12-2-3-13-27)20-10-11-22(26-25-20)24-15-17-5-8-19(23)9-6-17/h4-11,14H,2-3,12-13,15H2,1H3,(H,24,26). The molecule has 1 aliphatic rings. The number of hydrogen-bond donors (Lipinski definition) is 1. The van der Waals surface area contributed by atoms with Crippen LogP contribution < -0.4 is 5.32 Å². The van der Waals surface area contributed by atoms with E-state index in [9.17, 15) is 8.42 Å². The van der Waals surface area contributed by atoms with E-state index in [1.165, 1.54) is 0 Å². The molecule has 4 rings (SSSR count). The summed E-state index contributed by atoms with van der Waals surface area (Å²) in [6, 6.07) is 16.7. The lowest BCUT2D eigenvalue weighted by molar-refractivity contribution is 0.477. The molecule has 0 radical (unpaired) electrons. The first-order valence-corrected chi connectivity index (χ1v) is 11.7.